The van der Waals surface area contributed by atoms with Crippen molar-refractivity contribution in [1.29, 1.82) is 0 Å². The molecule has 3 rings (SSSR count). The number of nitrogens with one attached hydrogen (secondary N) is 1. The van der Waals surface area contributed by atoms with Crippen LogP contribution < -0.4 is 5.32 Å². The minimum Gasteiger partial charge on any atom is -0.375 e. The first-order valence-electron chi connectivity index (χ1n) is 9.10. The highest BCUT2D eigenvalue weighted by Crippen LogP contribution is 2.27. The van der Waals surface area contributed by atoms with Gasteiger partial charge in [0.2, 0.25) is 0 Å². The van der Waals surface area contributed by atoms with Crippen LogP contribution in [0.2, 0.25) is 0 Å². The highest BCUT2D eigenvalue weighted by molar-refractivity contribution is 5.74. The highest BCUT2D eigenvalue weighted by Gasteiger charge is 2.33. The van der Waals surface area contributed by atoms with E-state index in [0.29, 0.717) is 19.7 Å². The van der Waals surface area contributed by atoms with Crippen LogP contribution in [-0.2, 0) is 11.3 Å². The maximum Gasteiger partial charge on any atom is 0.317 e. The van der Waals surface area contributed by atoms with Gasteiger partial charge in [-0.15, -0.1) is 0 Å². The molecule has 2 aromatic rings. The summed E-state index contributed by atoms with van der Waals surface area (Å²) < 4.78 is 7.61. The van der Waals surface area contributed by atoms with E-state index in [1.54, 1.807) is 18.7 Å². The van der Waals surface area contributed by atoms with Crippen molar-refractivity contribution in [3.63, 3.8) is 0 Å². The molecule has 7 nitrogen and oxygen atoms in total. The maximum absolute atomic E-state index is 12.7. The van der Waals surface area contributed by atoms with E-state index < -0.39 is 0 Å². The predicted octanol–water partition coefficient (Wildman–Crippen LogP) is 2.76. The summed E-state index contributed by atoms with van der Waals surface area (Å²) in [6.45, 7) is 8.02. The fraction of sp³-hybridized carbons (Fsp3) is 0.526. The topological polar surface area (TPSA) is 72.3 Å². The van der Waals surface area contributed by atoms with Crippen LogP contribution in [0.5, 0.6) is 0 Å². The van der Waals surface area contributed by atoms with Gasteiger partial charge in [-0.3, -0.25) is 4.57 Å². The van der Waals surface area contributed by atoms with E-state index in [2.05, 4.69) is 29.1 Å². The Morgan fingerprint density at radius 2 is 2.31 bits per heavy atom. The van der Waals surface area contributed by atoms with Crippen LogP contribution in [0.15, 0.2) is 37.1 Å². The van der Waals surface area contributed by atoms with Crippen molar-refractivity contribution >= 4 is 6.03 Å². The minimum absolute atomic E-state index is 0.0334. The molecule has 1 atom stereocenters. The van der Waals surface area contributed by atoms with Gasteiger partial charge in [-0.25, -0.2) is 14.8 Å². The lowest BCUT2D eigenvalue weighted by molar-refractivity contribution is -0.0764. The lowest BCUT2D eigenvalue weighted by atomic mass is 9.93. The Labute approximate surface area is 154 Å². The second-order valence-electron chi connectivity index (χ2n) is 7.19. The normalized spacial score (nSPS) is 19.1. The highest BCUT2D eigenvalue weighted by atomic mass is 16.5. The van der Waals surface area contributed by atoms with Crippen molar-refractivity contribution < 1.29 is 9.53 Å². The van der Waals surface area contributed by atoms with Crippen molar-refractivity contribution in [1.82, 2.24) is 24.8 Å². The average molecular weight is 357 g/mol. The lowest BCUT2D eigenvalue weighted by Crippen LogP contribution is -2.51. The van der Waals surface area contributed by atoms with Crippen molar-refractivity contribution in [3.05, 3.63) is 42.6 Å². The summed E-state index contributed by atoms with van der Waals surface area (Å²) >= 11 is 0. The Hall–Kier alpha value is -2.41. The number of nitrogens with zero attached hydrogens (tertiary/aromatic N) is 4. The second-order valence-corrected chi connectivity index (χ2v) is 7.19. The van der Waals surface area contributed by atoms with Gasteiger partial charge in [0.05, 0.1) is 5.60 Å². The molecule has 26 heavy (non-hydrogen) atoms. The quantitative estimate of drug-likeness (QED) is 0.893. The van der Waals surface area contributed by atoms with Gasteiger partial charge in [-0.2, -0.15) is 0 Å². The van der Waals surface area contributed by atoms with E-state index in [-0.39, 0.29) is 17.7 Å². The van der Waals surface area contributed by atoms with E-state index in [9.17, 15) is 4.79 Å². The molecule has 0 spiro atoms. The summed E-state index contributed by atoms with van der Waals surface area (Å²) in [6.07, 6.45) is 8.79. The summed E-state index contributed by atoms with van der Waals surface area (Å²) in [5, 5.41) is 3.02. The SMILES string of the molecule is CCN(C(=O)NCc1ccc(-n2ccnc2)nc1)C1CCOC(C)(C)C1. The number of amides is 2. The van der Waals surface area contributed by atoms with Crippen LogP contribution in [-0.4, -0.2) is 50.3 Å². The number of hydrogen-bond acceptors (Lipinski definition) is 4. The summed E-state index contributed by atoms with van der Waals surface area (Å²) in [5.74, 6) is 0.803. The molecule has 7 heteroatoms. The van der Waals surface area contributed by atoms with Crippen molar-refractivity contribution in [2.75, 3.05) is 13.2 Å². The molecule has 0 bridgehead atoms. The van der Waals surface area contributed by atoms with Crippen LogP contribution in [0.1, 0.15) is 39.2 Å². The fourth-order valence-corrected chi connectivity index (χ4v) is 3.38. The number of carbonyl (C=O) groups excluding carboxylic acids is 1. The van der Waals surface area contributed by atoms with E-state index in [0.717, 1.165) is 24.2 Å². The lowest BCUT2D eigenvalue weighted by Gasteiger charge is -2.40. The molecule has 1 aliphatic heterocycles. The molecular weight excluding hydrogens is 330 g/mol. The number of hydrogen-bond donors (Lipinski definition) is 1. The third-order valence-electron chi connectivity index (χ3n) is 4.74. The average Bonchev–Trinajstić information content (AvgIpc) is 3.15. The minimum atomic E-state index is -0.177. The molecule has 1 unspecified atom stereocenters. The molecule has 0 radical (unpaired) electrons. The summed E-state index contributed by atoms with van der Waals surface area (Å²) in [4.78, 5) is 23.0. The van der Waals surface area contributed by atoms with Gasteiger partial charge in [-0.1, -0.05) is 6.07 Å². The molecule has 140 valence electrons. The zero-order valence-electron chi connectivity index (χ0n) is 15.7. The first-order valence-corrected chi connectivity index (χ1v) is 9.10. The molecule has 1 aliphatic rings. The number of ether oxygens (including phenoxy) is 1. The number of rotatable bonds is 5. The number of aromatic nitrogens is 3. The van der Waals surface area contributed by atoms with Gasteiger partial charge in [-0.05, 0) is 45.2 Å². The summed E-state index contributed by atoms with van der Waals surface area (Å²) in [6, 6.07) is 4.07. The molecule has 1 fully saturated rings. The number of urea groups is 1. The van der Waals surface area contributed by atoms with E-state index in [1.807, 2.05) is 34.7 Å². The van der Waals surface area contributed by atoms with Crippen molar-refractivity contribution in [3.8, 4) is 5.82 Å². The zero-order valence-corrected chi connectivity index (χ0v) is 15.7. The molecule has 1 N–H and O–H groups in total. The van der Waals surface area contributed by atoms with Crippen LogP contribution in [0.4, 0.5) is 4.79 Å². The van der Waals surface area contributed by atoms with Gasteiger partial charge in [0, 0.05) is 44.3 Å². The Morgan fingerprint density at radius 1 is 1.46 bits per heavy atom. The van der Waals surface area contributed by atoms with Crippen LogP contribution in [0.3, 0.4) is 0 Å². The molecule has 2 amide bonds. The number of carbonyl (C=O) groups is 1. The largest absolute Gasteiger partial charge is 0.375 e. The van der Waals surface area contributed by atoms with Gasteiger partial charge < -0.3 is 15.0 Å². The Kier molecular flexibility index (Phi) is 5.56. The Balaban J connectivity index is 1.57. The molecule has 2 aromatic heterocycles. The molecule has 1 saturated heterocycles. The second kappa shape index (κ2) is 7.86. The van der Waals surface area contributed by atoms with Gasteiger partial charge >= 0.3 is 6.03 Å². The molecule has 0 saturated carbocycles. The van der Waals surface area contributed by atoms with E-state index >= 15 is 0 Å². The first kappa shape index (κ1) is 18.4. The Bertz CT molecular complexity index is 712. The summed E-state index contributed by atoms with van der Waals surface area (Å²) in [7, 11) is 0. The molecule has 0 aromatic carbocycles. The van der Waals surface area contributed by atoms with Gasteiger partial charge in [0.15, 0.2) is 0 Å². The van der Waals surface area contributed by atoms with Gasteiger partial charge in [0.1, 0.15) is 12.1 Å². The van der Waals surface area contributed by atoms with Crippen molar-refractivity contribution in [2.24, 2.45) is 0 Å². The van der Waals surface area contributed by atoms with E-state index in [4.69, 9.17) is 4.74 Å². The smallest absolute Gasteiger partial charge is 0.317 e. The Morgan fingerprint density at radius 3 is 2.92 bits per heavy atom. The van der Waals surface area contributed by atoms with Crippen LogP contribution >= 0.6 is 0 Å². The molecule has 0 aliphatic carbocycles. The van der Waals surface area contributed by atoms with E-state index in [1.165, 1.54) is 0 Å². The molecular formula is C19H27N5O2. The summed E-state index contributed by atoms with van der Waals surface area (Å²) in [5.41, 5.74) is 0.787. The fourth-order valence-electron chi connectivity index (χ4n) is 3.38. The van der Waals surface area contributed by atoms with Gasteiger partial charge in [0.25, 0.3) is 0 Å². The number of imidazole rings is 1. The standard InChI is InChI=1S/C19H27N5O2/c1-4-24(16-7-10-26-19(2,3)11-16)18(25)22-13-15-5-6-17(21-12-15)23-9-8-20-14-23/h5-6,8-9,12,14,16H,4,7,10-11,13H2,1-3H3,(H,22,25). The third-order valence-corrected chi connectivity index (χ3v) is 4.74. The predicted molar refractivity (Wildman–Crippen MR) is 99.0 cm³/mol. The maximum atomic E-state index is 12.7. The van der Waals surface area contributed by atoms with Crippen LogP contribution in [0, 0.1) is 0 Å². The first-order chi connectivity index (χ1) is 12.5. The molecule has 3 heterocycles. The zero-order chi connectivity index (χ0) is 18.6. The number of pyridine rings is 1. The monoisotopic (exact) mass is 357 g/mol. The van der Waals surface area contributed by atoms with Crippen LogP contribution in [0.25, 0.3) is 5.82 Å². The van der Waals surface area contributed by atoms with Crippen molar-refractivity contribution in [2.45, 2.75) is 51.8 Å². The third kappa shape index (κ3) is 4.40.